The van der Waals surface area contributed by atoms with Crippen molar-refractivity contribution in [3.8, 4) is 0 Å². The summed E-state index contributed by atoms with van der Waals surface area (Å²) < 4.78 is 1.44. The first-order chi connectivity index (χ1) is 11.1. The molecule has 0 saturated carbocycles. The van der Waals surface area contributed by atoms with E-state index in [4.69, 9.17) is 5.21 Å². The number of benzene rings is 1. The van der Waals surface area contributed by atoms with Gasteiger partial charge in [0.15, 0.2) is 0 Å². The number of pyridine rings is 1. The van der Waals surface area contributed by atoms with Crippen LogP contribution in [0.4, 0.5) is 11.5 Å². The van der Waals surface area contributed by atoms with E-state index >= 15 is 0 Å². The van der Waals surface area contributed by atoms with Crippen molar-refractivity contribution in [2.24, 2.45) is 5.16 Å². The second kappa shape index (κ2) is 5.92. The summed E-state index contributed by atoms with van der Waals surface area (Å²) in [6.07, 6.45) is 2.80. The molecular weight excluding hydrogens is 292 g/mol. The Bertz CT molecular complexity index is 943. The van der Waals surface area contributed by atoms with Crippen molar-refractivity contribution >= 4 is 23.4 Å². The third-order valence-corrected chi connectivity index (χ3v) is 3.51. The SMILES string of the molecule is Cc1ccc(Nc2nc3ccc(C)cn3c(=O)c2C=NO)cc1. The summed E-state index contributed by atoms with van der Waals surface area (Å²) in [6, 6.07) is 11.4. The van der Waals surface area contributed by atoms with Crippen LogP contribution in [0.15, 0.2) is 52.5 Å². The molecule has 2 aromatic heterocycles. The smallest absolute Gasteiger partial charge is 0.269 e. The van der Waals surface area contributed by atoms with Crippen LogP contribution in [0.1, 0.15) is 16.7 Å². The van der Waals surface area contributed by atoms with Crippen molar-refractivity contribution in [3.05, 3.63) is 69.6 Å². The molecule has 1 aromatic carbocycles. The molecule has 116 valence electrons. The van der Waals surface area contributed by atoms with E-state index < -0.39 is 0 Å². The number of oxime groups is 1. The summed E-state index contributed by atoms with van der Waals surface area (Å²) in [4.78, 5) is 17.1. The molecular formula is C17H16N4O2. The lowest BCUT2D eigenvalue weighted by Gasteiger charge is -2.11. The number of aromatic nitrogens is 2. The van der Waals surface area contributed by atoms with Crippen molar-refractivity contribution in [2.45, 2.75) is 13.8 Å². The van der Waals surface area contributed by atoms with E-state index in [9.17, 15) is 4.79 Å². The van der Waals surface area contributed by atoms with Gasteiger partial charge in [0, 0.05) is 11.9 Å². The van der Waals surface area contributed by atoms with E-state index in [0.717, 1.165) is 23.0 Å². The van der Waals surface area contributed by atoms with Gasteiger partial charge in [-0.3, -0.25) is 9.20 Å². The third kappa shape index (κ3) is 2.91. The maximum absolute atomic E-state index is 12.6. The van der Waals surface area contributed by atoms with Crippen LogP contribution in [0.25, 0.3) is 5.65 Å². The Kier molecular flexibility index (Phi) is 3.80. The fraction of sp³-hybridized carbons (Fsp3) is 0.118. The number of hydrogen-bond acceptors (Lipinski definition) is 5. The van der Waals surface area contributed by atoms with E-state index in [1.165, 1.54) is 4.40 Å². The molecule has 2 N–H and O–H groups in total. The molecule has 0 amide bonds. The monoisotopic (exact) mass is 308 g/mol. The summed E-state index contributed by atoms with van der Waals surface area (Å²) in [5, 5.41) is 15.0. The van der Waals surface area contributed by atoms with Crippen LogP contribution in [0.2, 0.25) is 0 Å². The van der Waals surface area contributed by atoms with Crippen LogP contribution in [-0.4, -0.2) is 20.8 Å². The minimum atomic E-state index is -0.300. The average Bonchev–Trinajstić information content (AvgIpc) is 2.54. The molecule has 0 aliphatic rings. The third-order valence-electron chi connectivity index (χ3n) is 3.51. The molecule has 6 nitrogen and oxygen atoms in total. The number of nitrogens with one attached hydrogen (secondary N) is 1. The first-order valence-electron chi connectivity index (χ1n) is 7.12. The Hall–Kier alpha value is -3.15. The lowest BCUT2D eigenvalue weighted by atomic mass is 10.2. The number of fused-ring (bicyclic) bond motifs is 1. The zero-order chi connectivity index (χ0) is 16.4. The minimum absolute atomic E-state index is 0.191. The van der Waals surface area contributed by atoms with E-state index in [1.807, 2.05) is 44.2 Å². The minimum Gasteiger partial charge on any atom is -0.411 e. The topological polar surface area (TPSA) is 79.0 Å². The zero-order valence-corrected chi connectivity index (χ0v) is 12.8. The Morgan fingerprint density at radius 3 is 2.52 bits per heavy atom. The van der Waals surface area contributed by atoms with Crippen molar-refractivity contribution in [3.63, 3.8) is 0 Å². The highest BCUT2D eigenvalue weighted by molar-refractivity contribution is 5.87. The molecule has 6 heteroatoms. The molecule has 0 saturated heterocycles. The van der Waals surface area contributed by atoms with Crippen LogP contribution in [-0.2, 0) is 0 Å². The maximum atomic E-state index is 12.6. The summed E-state index contributed by atoms with van der Waals surface area (Å²) in [7, 11) is 0. The van der Waals surface area contributed by atoms with Gasteiger partial charge in [0.1, 0.15) is 17.0 Å². The zero-order valence-electron chi connectivity index (χ0n) is 12.8. The summed E-state index contributed by atoms with van der Waals surface area (Å²) in [5.74, 6) is 0.348. The van der Waals surface area contributed by atoms with E-state index in [2.05, 4.69) is 15.5 Å². The van der Waals surface area contributed by atoms with Crippen LogP contribution < -0.4 is 10.9 Å². The van der Waals surface area contributed by atoms with Gasteiger partial charge in [-0.15, -0.1) is 0 Å². The number of nitrogens with zero attached hydrogens (tertiary/aromatic N) is 3. The molecule has 3 rings (SSSR count). The van der Waals surface area contributed by atoms with E-state index in [1.54, 1.807) is 12.3 Å². The Labute approximate surface area is 132 Å². The highest BCUT2D eigenvalue weighted by Gasteiger charge is 2.12. The summed E-state index contributed by atoms with van der Waals surface area (Å²) in [6.45, 7) is 3.89. The molecule has 0 radical (unpaired) electrons. The van der Waals surface area contributed by atoms with Gasteiger partial charge in [-0.05, 0) is 37.6 Å². The van der Waals surface area contributed by atoms with Gasteiger partial charge in [-0.1, -0.05) is 28.9 Å². The maximum Gasteiger partial charge on any atom is 0.269 e. The van der Waals surface area contributed by atoms with Crippen LogP contribution >= 0.6 is 0 Å². The highest BCUT2D eigenvalue weighted by atomic mass is 16.4. The van der Waals surface area contributed by atoms with Crippen molar-refractivity contribution in [2.75, 3.05) is 5.32 Å². The lowest BCUT2D eigenvalue weighted by Crippen LogP contribution is -2.22. The quantitative estimate of drug-likeness (QED) is 0.443. The van der Waals surface area contributed by atoms with Crippen LogP contribution in [0, 0.1) is 13.8 Å². The number of anilines is 2. The van der Waals surface area contributed by atoms with Crippen LogP contribution in [0.5, 0.6) is 0 Å². The number of rotatable bonds is 3. The normalized spacial score (nSPS) is 11.2. The Morgan fingerprint density at radius 1 is 1.13 bits per heavy atom. The lowest BCUT2D eigenvalue weighted by molar-refractivity contribution is 0.322. The molecule has 0 fully saturated rings. The molecule has 0 atom stereocenters. The number of aryl methyl sites for hydroxylation is 2. The molecule has 0 aliphatic carbocycles. The second-order valence-corrected chi connectivity index (χ2v) is 5.35. The van der Waals surface area contributed by atoms with E-state index in [0.29, 0.717) is 11.5 Å². The van der Waals surface area contributed by atoms with Gasteiger partial charge >= 0.3 is 0 Å². The van der Waals surface area contributed by atoms with Gasteiger partial charge in [0.05, 0.1) is 6.21 Å². The fourth-order valence-corrected chi connectivity index (χ4v) is 2.30. The largest absolute Gasteiger partial charge is 0.411 e. The second-order valence-electron chi connectivity index (χ2n) is 5.35. The summed E-state index contributed by atoms with van der Waals surface area (Å²) in [5.41, 5.74) is 3.28. The molecule has 2 heterocycles. The average molecular weight is 308 g/mol. The Morgan fingerprint density at radius 2 is 1.83 bits per heavy atom. The Balaban J connectivity index is 2.18. The van der Waals surface area contributed by atoms with Gasteiger partial charge in [-0.2, -0.15) is 0 Å². The predicted molar refractivity (Wildman–Crippen MR) is 90.0 cm³/mol. The molecule has 0 unspecified atom stereocenters. The van der Waals surface area contributed by atoms with Crippen molar-refractivity contribution in [1.29, 1.82) is 0 Å². The molecule has 23 heavy (non-hydrogen) atoms. The van der Waals surface area contributed by atoms with Gasteiger partial charge in [0.25, 0.3) is 5.56 Å². The predicted octanol–water partition coefficient (Wildman–Crippen LogP) is 2.86. The number of hydrogen-bond donors (Lipinski definition) is 2. The standard InChI is InChI=1S/C17H16N4O2/c1-11-3-6-13(7-4-11)19-16-14(9-18-23)17(22)21-10-12(2)5-8-15(21)20-16/h3-10,19,23H,1-2H3. The first-order valence-corrected chi connectivity index (χ1v) is 7.12. The van der Waals surface area contributed by atoms with Gasteiger partial charge in [-0.25, -0.2) is 4.98 Å². The fourth-order valence-electron chi connectivity index (χ4n) is 2.30. The molecule has 0 bridgehead atoms. The molecule has 0 spiro atoms. The van der Waals surface area contributed by atoms with Gasteiger partial charge < -0.3 is 10.5 Å². The van der Waals surface area contributed by atoms with Gasteiger partial charge in [0.2, 0.25) is 0 Å². The van der Waals surface area contributed by atoms with Crippen molar-refractivity contribution < 1.29 is 5.21 Å². The summed E-state index contributed by atoms with van der Waals surface area (Å²) >= 11 is 0. The molecule has 0 aliphatic heterocycles. The van der Waals surface area contributed by atoms with Crippen molar-refractivity contribution in [1.82, 2.24) is 9.38 Å². The molecule has 3 aromatic rings. The first kappa shape index (κ1) is 14.8. The highest BCUT2D eigenvalue weighted by Crippen LogP contribution is 2.17. The van der Waals surface area contributed by atoms with Crippen LogP contribution in [0.3, 0.4) is 0 Å². The van der Waals surface area contributed by atoms with E-state index in [-0.39, 0.29) is 11.1 Å².